The summed E-state index contributed by atoms with van der Waals surface area (Å²) in [6.45, 7) is 3.12. The third-order valence-corrected chi connectivity index (χ3v) is 2.09. The van der Waals surface area contributed by atoms with Crippen LogP contribution in [0.25, 0.3) is 0 Å². The number of nitrogens with one attached hydrogen (secondary N) is 2. The molecule has 66 valence electrons. The van der Waals surface area contributed by atoms with Gasteiger partial charge in [-0.15, -0.1) is 0 Å². The van der Waals surface area contributed by atoms with Crippen molar-refractivity contribution < 1.29 is 5.11 Å². The van der Waals surface area contributed by atoms with Crippen LogP contribution in [-0.4, -0.2) is 37.4 Å². The second kappa shape index (κ2) is 5.52. The highest BCUT2D eigenvalue weighted by Crippen LogP contribution is 2.05. The molecule has 1 aliphatic heterocycles. The molecule has 1 atom stereocenters. The minimum atomic E-state index is 0.243. The van der Waals surface area contributed by atoms with Crippen molar-refractivity contribution in [1.82, 2.24) is 10.6 Å². The summed E-state index contributed by atoms with van der Waals surface area (Å²) in [5, 5.41) is 15.1. The van der Waals surface area contributed by atoms with Gasteiger partial charge in [0.05, 0.1) is 6.61 Å². The van der Waals surface area contributed by atoms with E-state index in [-0.39, 0.29) is 6.61 Å². The molecular formula is C8H18N2O. The molecule has 1 heterocycles. The Morgan fingerprint density at radius 2 is 2.36 bits per heavy atom. The van der Waals surface area contributed by atoms with Gasteiger partial charge in [-0.25, -0.2) is 0 Å². The first-order chi connectivity index (χ1) is 5.43. The molecule has 1 saturated heterocycles. The van der Waals surface area contributed by atoms with E-state index < -0.39 is 0 Å². The average Bonchev–Trinajstić information content (AvgIpc) is 2.07. The van der Waals surface area contributed by atoms with E-state index in [2.05, 4.69) is 10.6 Å². The van der Waals surface area contributed by atoms with E-state index in [1.165, 1.54) is 19.3 Å². The van der Waals surface area contributed by atoms with Gasteiger partial charge in [-0.3, -0.25) is 0 Å². The van der Waals surface area contributed by atoms with E-state index in [4.69, 9.17) is 5.11 Å². The highest BCUT2D eigenvalue weighted by Gasteiger charge is 2.10. The molecule has 0 amide bonds. The quantitative estimate of drug-likeness (QED) is 0.493. The van der Waals surface area contributed by atoms with Gasteiger partial charge in [0.25, 0.3) is 0 Å². The largest absolute Gasteiger partial charge is 0.395 e. The van der Waals surface area contributed by atoms with E-state index in [1.54, 1.807) is 0 Å². The predicted molar refractivity (Wildman–Crippen MR) is 45.6 cm³/mol. The zero-order chi connectivity index (χ0) is 7.94. The van der Waals surface area contributed by atoms with E-state index in [9.17, 15) is 0 Å². The highest BCUT2D eigenvalue weighted by atomic mass is 16.3. The summed E-state index contributed by atoms with van der Waals surface area (Å²) in [5.41, 5.74) is 0. The van der Waals surface area contributed by atoms with Crippen molar-refractivity contribution in [3.63, 3.8) is 0 Å². The van der Waals surface area contributed by atoms with Crippen LogP contribution < -0.4 is 10.6 Å². The van der Waals surface area contributed by atoms with Crippen molar-refractivity contribution in [2.45, 2.75) is 25.3 Å². The fourth-order valence-corrected chi connectivity index (χ4v) is 1.45. The maximum absolute atomic E-state index is 8.51. The van der Waals surface area contributed by atoms with Crippen LogP contribution in [-0.2, 0) is 0 Å². The molecule has 1 rings (SSSR count). The summed E-state index contributed by atoms with van der Waals surface area (Å²) in [4.78, 5) is 0. The minimum Gasteiger partial charge on any atom is -0.395 e. The number of rotatable bonds is 4. The lowest BCUT2D eigenvalue weighted by atomic mass is 10.1. The van der Waals surface area contributed by atoms with Crippen LogP contribution in [0.3, 0.4) is 0 Å². The monoisotopic (exact) mass is 158 g/mol. The van der Waals surface area contributed by atoms with Gasteiger partial charge in [-0.05, 0) is 19.4 Å². The molecule has 3 N–H and O–H groups in total. The first kappa shape index (κ1) is 8.97. The van der Waals surface area contributed by atoms with Crippen LogP contribution >= 0.6 is 0 Å². The molecule has 1 aliphatic rings. The van der Waals surface area contributed by atoms with Gasteiger partial charge in [0.1, 0.15) is 0 Å². The van der Waals surface area contributed by atoms with Gasteiger partial charge in [-0.2, -0.15) is 0 Å². The molecule has 1 fully saturated rings. The first-order valence-corrected chi connectivity index (χ1v) is 4.48. The molecule has 11 heavy (non-hydrogen) atoms. The number of hydrogen-bond acceptors (Lipinski definition) is 3. The fraction of sp³-hybridized carbons (Fsp3) is 1.00. The van der Waals surface area contributed by atoms with Gasteiger partial charge < -0.3 is 15.7 Å². The van der Waals surface area contributed by atoms with Gasteiger partial charge in [0, 0.05) is 19.1 Å². The zero-order valence-corrected chi connectivity index (χ0v) is 6.97. The summed E-state index contributed by atoms with van der Waals surface area (Å²) in [5.74, 6) is 0. The first-order valence-electron chi connectivity index (χ1n) is 4.48. The molecule has 0 aliphatic carbocycles. The Balaban J connectivity index is 1.96. The average molecular weight is 158 g/mol. The number of piperidine rings is 1. The molecule has 0 bridgehead atoms. The lowest BCUT2D eigenvalue weighted by Gasteiger charge is -2.23. The molecule has 0 aromatic rings. The smallest absolute Gasteiger partial charge is 0.0555 e. The summed E-state index contributed by atoms with van der Waals surface area (Å²) >= 11 is 0. The second-order valence-electron chi connectivity index (χ2n) is 3.07. The molecule has 0 radical (unpaired) electrons. The number of hydrogen-bond donors (Lipinski definition) is 3. The Morgan fingerprint density at radius 1 is 1.45 bits per heavy atom. The van der Waals surface area contributed by atoms with Gasteiger partial charge in [-0.1, -0.05) is 6.42 Å². The van der Waals surface area contributed by atoms with E-state index in [0.29, 0.717) is 6.04 Å². The van der Waals surface area contributed by atoms with Crippen LogP contribution in [0.2, 0.25) is 0 Å². The van der Waals surface area contributed by atoms with Crippen molar-refractivity contribution in [2.75, 3.05) is 26.2 Å². The molecule has 3 heteroatoms. The maximum atomic E-state index is 8.51. The Hall–Kier alpha value is -0.120. The zero-order valence-electron chi connectivity index (χ0n) is 6.97. The van der Waals surface area contributed by atoms with Crippen LogP contribution in [0.1, 0.15) is 19.3 Å². The number of aliphatic hydroxyl groups is 1. The van der Waals surface area contributed by atoms with Gasteiger partial charge >= 0.3 is 0 Å². The minimum absolute atomic E-state index is 0.243. The molecule has 0 spiro atoms. The van der Waals surface area contributed by atoms with Crippen LogP contribution in [0.4, 0.5) is 0 Å². The third kappa shape index (κ3) is 3.70. The summed E-state index contributed by atoms with van der Waals surface area (Å²) in [6.07, 6.45) is 3.94. The lowest BCUT2D eigenvalue weighted by Crippen LogP contribution is -2.42. The topological polar surface area (TPSA) is 44.3 Å². The van der Waals surface area contributed by atoms with Crippen molar-refractivity contribution in [2.24, 2.45) is 0 Å². The normalized spacial score (nSPS) is 25.4. The van der Waals surface area contributed by atoms with Crippen molar-refractivity contribution >= 4 is 0 Å². The molecule has 0 aromatic heterocycles. The fourth-order valence-electron chi connectivity index (χ4n) is 1.45. The standard InChI is InChI=1S/C8H18N2O/c11-6-5-9-7-8-3-1-2-4-10-8/h8-11H,1-7H2/t8-/m0/s1. The summed E-state index contributed by atoms with van der Waals surface area (Å²) in [6, 6.07) is 0.635. The summed E-state index contributed by atoms with van der Waals surface area (Å²) < 4.78 is 0. The van der Waals surface area contributed by atoms with Gasteiger partial charge in [0.15, 0.2) is 0 Å². The van der Waals surface area contributed by atoms with Crippen molar-refractivity contribution in [1.29, 1.82) is 0 Å². The lowest BCUT2D eigenvalue weighted by molar-refractivity contribution is 0.285. The Morgan fingerprint density at radius 3 is 3.00 bits per heavy atom. The molecule has 0 saturated carbocycles. The molecule has 3 nitrogen and oxygen atoms in total. The van der Waals surface area contributed by atoms with E-state index in [0.717, 1.165) is 19.6 Å². The van der Waals surface area contributed by atoms with Crippen LogP contribution in [0.15, 0.2) is 0 Å². The Labute approximate surface area is 68.2 Å². The van der Waals surface area contributed by atoms with E-state index in [1.807, 2.05) is 0 Å². The van der Waals surface area contributed by atoms with E-state index >= 15 is 0 Å². The SMILES string of the molecule is OCCNC[C@@H]1CCCCN1. The van der Waals surface area contributed by atoms with Gasteiger partial charge in [0.2, 0.25) is 0 Å². The van der Waals surface area contributed by atoms with Crippen molar-refractivity contribution in [3.8, 4) is 0 Å². The maximum Gasteiger partial charge on any atom is 0.0555 e. The highest BCUT2D eigenvalue weighted by molar-refractivity contribution is 4.73. The predicted octanol–water partition coefficient (Wildman–Crippen LogP) is -0.290. The number of aliphatic hydroxyl groups excluding tert-OH is 1. The van der Waals surface area contributed by atoms with Crippen LogP contribution in [0.5, 0.6) is 0 Å². The molecule has 0 unspecified atom stereocenters. The molecule has 0 aromatic carbocycles. The molecular weight excluding hydrogens is 140 g/mol. The van der Waals surface area contributed by atoms with Crippen molar-refractivity contribution in [3.05, 3.63) is 0 Å². The summed E-state index contributed by atoms with van der Waals surface area (Å²) in [7, 11) is 0. The Bertz CT molecular complexity index is 92.1. The second-order valence-corrected chi connectivity index (χ2v) is 3.07. The van der Waals surface area contributed by atoms with Crippen LogP contribution in [0, 0.1) is 0 Å². The Kier molecular flexibility index (Phi) is 4.50. The third-order valence-electron chi connectivity index (χ3n) is 2.09.